The quantitative estimate of drug-likeness (QED) is 0.778. The molecular formula is C14H20N2. The third-order valence-corrected chi connectivity index (χ3v) is 2.92. The zero-order chi connectivity index (χ0) is 11.5. The molecule has 2 nitrogen and oxygen atoms in total. The SMILES string of the molecule is C=C(C)CN(C)CC1Cc2ccccc2N1. The normalized spacial score (nSPS) is 18.3. The number of hydrogen-bond donors (Lipinski definition) is 1. The van der Waals surface area contributed by atoms with Crippen molar-refractivity contribution < 1.29 is 0 Å². The van der Waals surface area contributed by atoms with Crippen LogP contribution in [0.1, 0.15) is 12.5 Å². The molecule has 1 aromatic carbocycles. The maximum atomic E-state index is 3.95. The van der Waals surface area contributed by atoms with E-state index in [2.05, 4.69) is 55.0 Å². The number of nitrogens with one attached hydrogen (secondary N) is 1. The first-order chi connectivity index (χ1) is 7.65. The second-order valence-corrected chi connectivity index (χ2v) is 4.86. The molecule has 2 heteroatoms. The topological polar surface area (TPSA) is 15.3 Å². The Bertz CT molecular complexity index is 359. The predicted octanol–water partition coefficient (Wildman–Crippen LogP) is 2.53. The van der Waals surface area contributed by atoms with Crippen molar-refractivity contribution in [2.45, 2.75) is 19.4 Å². The summed E-state index contributed by atoms with van der Waals surface area (Å²) in [5, 5.41) is 3.57. The number of rotatable bonds is 4. The molecule has 0 spiro atoms. The zero-order valence-electron chi connectivity index (χ0n) is 10.2. The summed E-state index contributed by atoms with van der Waals surface area (Å²) in [6, 6.07) is 9.11. The van der Waals surface area contributed by atoms with Crippen LogP contribution in [0.3, 0.4) is 0 Å². The third kappa shape index (κ3) is 2.64. The minimum absolute atomic E-state index is 0.543. The van der Waals surface area contributed by atoms with Crippen molar-refractivity contribution in [2.24, 2.45) is 0 Å². The zero-order valence-corrected chi connectivity index (χ0v) is 10.2. The van der Waals surface area contributed by atoms with Gasteiger partial charge in [0, 0.05) is 24.8 Å². The monoisotopic (exact) mass is 216 g/mol. The number of nitrogens with zero attached hydrogens (tertiary/aromatic N) is 1. The lowest BCUT2D eigenvalue weighted by Crippen LogP contribution is -2.33. The Balaban J connectivity index is 1.89. The summed E-state index contributed by atoms with van der Waals surface area (Å²) < 4.78 is 0. The molecule has 0 saturated heterocycles. The van der Waals surface area contributed by atoms with Gasteiger partial charge in [-0.1, -0.05) is 30.4 Å². The van der Waals surface area contributed by atoms with Gasteiger partial charge in [0.05, 0.1) is 0 Å². The van der Waals surface area contributed by atoms with Gasteiger partial charge in [-0.15, -0.1) is 0 Å². The van der Waals surface area contributed by atoms with Gasteiger partial charge >= 0.3 is 0 Å². The van der Waals surface area contributed by atoms with Crippen LogP contribution in [0.4, 0.5) is 5.69 Å². The number of hydrogen-bond acceptors (Lipinski definition) is 2. The number of likely N-dealkylation sites (N-methyl/N-ethyl adjacent to an activating group) is 1. The Morgan fingerprint density at radius 2 is 2.25 bits per heavy atom. The number of anilines is 1. The van der Waals surface area contributed by atoms with E-state index in [0.29, 0.717) is 6.04 Å². The first-order valence-electron chi connectivity index (χ1n) is 5.82. The molecule has 0 aliphatic carbocycles. The summed E-state index contributed by atoms with van der Waals surface area (Å²) in [6.07, 6.45) is 1.14. The molecule has 1 N–H and O–H groups in total. The molecule has 1 aliphatic rings. The van der Waals surface area contributed by atoms with Crippen LogP contribution in [-0.4, -0.2) is 31.1 Å². The van der Waals surface area contributed by atoms with E-state index < -0.39 is 0 Å². The largest absolute Gasteiger partial charge is 0.380 e. The number of benzene rings is 1. The summed E-state index contributed by atoms with van der Waals surface area (Å²) in [4.78, 5) is 2.33. The molecule has 0 fully saturated rings. The van der Waals surface area contributed by atoms with Crippen molar-refractivity contribution in [3.05, 3.63) is 42.0 Å². The molecule has 1 atom stereocenters. The minimum atomic E-state index is 0.543. The highest BCUT2D eigenvalue weighted by Crippen LogP contribution is 2.25. The van der Waals surface area contributed by atoms with E-state index in [0.717, 1.165) is 19.5 Å². The van der Waals surface area contributed by atoms with Crippen molar-refractivity contribution in [3.8, 4) is 0 Å². The number of para-hydroxylation sites is 1. The van der Waals surface area contributed by atoms with E-state index >= 15 is 0 Å². The molecule has 0 saturated carbocycles. The molecule has 86 valence electrons. The Kier molecular flexibility index (Phi) is 3.30. The Morgan fingerprint density at radius 1 is 1.50 bits per heavy atom. The molecule has 0 aromatic heterocycles. The lowest BCUT2D eigenvalue weighted by Gasteiger charge is -2.21. The molecule has 1 aromatic rings. The van der Waals surface area contributed by atoms with E-state index in [1.165, 1.54) is 16.8 Å². The number of fused-ring (bicyclic) bond motifs is 1. The lowest BCUT2D eigenvalue weighted by atomic mass is 10.1. The highest BCUT2D eigenvalue weighted by molar-refractivity contribution is 5.56. The maximum absolute atomic E-state index is 3.95. The van der Waals surface area contributed by atoms with Gasteiger partial charge in [-0.25, -0.2) is 0 Å². The standard InChI is InChI=1S/C14H20N2/c1-11(2)9-16(3)10-13-8-12-6-4-5-7-14(12)15-13/h4-7,13,15H,1,8-10H2,2-3H3. The lowest BCUT2D eigenvalue weighted by molar-refractivity contribution is 0.345. The third-order valence-electron chi connectivity index (χ3n) is 2.92. The van der Waals surface area contributed by atoms with Crippen LogP contribution < -0.4 is 5.32 Å². The van der Waals surface area contributed by atoms with E-state index in [-0.39, 0.29) is 0 Å². The Morgan fingerprint density at radius 3 is 2.94 bits per heavy atom. The first-order valence-corrected chi connectivity index (χ1v) is 5.82. The van der Waals surface area contributed by atoms with E-state index in [9.17, 15) is 0 Å². The Labute approximate surface area is 98.0 Å². The van der Waals surface area contributed by atoms with Crippen LogP contribution in [0.25, 0.3) is 0 Å². The molecule has 2 rings (SSSR count). The fourth-order valence-electron chi connectivity index (χ4n) is 2.39. The van der Waals surface area contributed by atoms with Crippen LogP contribution >= 0.6 is 0 Å². The van der Waals surface area contributed by atoms with Crippen molar-refractivity contribution in [3.63, 3.8) is 0 Å². The fraction of sp³-hybridized carbons (Fsp3) is 0.429. The van der Waals surface area contributed by atoms with Gasteiger partial charge in [0.25, 0.3) is 0 Å². The van der Waals surface area contributed by atoms with Crippen molar-refractivity contribution in [1.29, 1.82) is 0 Å². The van der Waals surface area contributed by atoms with Gasteiger partial charge < -0.3 is 10.2 Å². The van der Waals surface area contributed by atoms with Crippen LogP contribution in [0, 0.1) is 0 Å². The summed E-state index contributed by atoms with van der Waals surface area (Å²) in [5.41, 5.74) is 3.96. The molecule has 0 amide bonds. The smallest absolute Gasteiger partial charge is 0.0429 e. The maximum Gasteiger partial charge on any atom is 0.0429 e. The van der Waals surface area contributed by atoms with Gasteiger partial charge in [-0.3, -0.25) is 0 Å². The molecule has 0 radical (unpaired) electrons. The highest BCUT2D eigenvalue weighted by atomic mass is 15.1. The summed E-state index contributed by atoms with van der Waals surface area (Å²) >= 11 is 0. The molecule has 0 bridgehead atoms. The predicted molar refractivity (Wildman–Crippen MR) is 69.9 cm³/mol. The van der Waals surface area contributed by atoms with Gasteiger partial charge in [0.15, 0.2) is 0 Å². The summed E-state index contributed by atoms with van der Waals surface area (Å²) in [6.45, 7) is 8.08. The van der Waals surface area contributed by atoms with Gasteiger partial charge in [0.1, 0.15) is 0 Å². The summed E-state index contributed by atoms with van der Waals surface area (Å²) in [7, 11) is 2.15. The van der Waals surface area contributed by atoms with Crippen LogP contribution in [0.15, 0.2) is 36.4 Å². The van der Waals surface area contributed by atoms with Gasteiger partial charge in [-0.2, -0.15) is 0 Å². The fourth-order valence-corrected chi connectivity index (χ4v) is 2.39. The average molecular weight is 216 g/mol. The Hall–Kier alpha value is -1.28. The van der Waals surface area contributed by atoms with E-state index in [1.807, 2.05) is 0 Å². The molecule has 1 unspecified atom stereocenters. The van der Waals surface area contributed by atoms with Gasteiger partial charge in [0.2, 0.25) is 0 Å². The second kappa shape index (κ2) is 4.71. The molecular weight excluding hydrogens is 196 g/mol. The van der Waals surface area contributed by atoms with E-state index in [4.69, 9.17) is 0 Å². The van der Waals surface area contributed by atoms with Gasteiger partial charge in [-0.05, 0) is 32.0 Å². The van der Waals surface area contributed by atoms with Crippen molar-refractivity contribution in [2.75, 3.05) is 25.5 Å². The molecule has 1 heterocycles. The van der Waals surface area contributed by atoms with Crippen LogP contribution in [0.2, 0.25) is 0 Å². The highest BCUT2D eigenvalue weighted by Gasteiger charge is 2.20. The van der Waals surface area contributed by atoms with E-state index in [1.54, 1.807) is 0 Å². The first kappa shape index (κ1) is 11.2. The van der Waals surface area contributed by atoms with Crippen LogP contribution in [-0.2, 0) is 6.42 Å². The summed E-state index contributed by atoms with van der Waals surface area (Å²) in [5.74, 6) is 0. The average Bonchev–Trinajstić information content (AvgIpc) is 2.57. The second-order valence-electron chi connectivity index (χ2n) is 4.86. The molecule has 1 aliphatic heterocycles. The van der Waals surface area contributed by atoms with Crippen LogP contribution in [0.5, 0.6) is 0 Å². The van der Waals surface area contributed by atoms with Crippen molar-refractivity contribution >= 4 is 5.69 Å². The molecule has 16 heavy (non-hydrogen) atoms. The van der Waals surface area contributed by atoms with Crippen molar-refractivity contribution in [1.82, 2.24) is 4.90 Å². The minimum Gasteiger partial charge on any atom is -0.380 e.